The van der Waals surface area contributed by atoms with E-state index < -0.39 is 0 Å². The van der Waals surface area contributed by atoms with E-state index in [0.29, 0.717) is 6.61 Å². The molecule has 2 rings (SSSR count). The van der Waals surface area contributed by atoms with Crippen molar-refractivity contribution in [1.29, 1.82) is 0 Å². The van der Waals surface area contributed by atoms with E-state index >= 15 is 0 Å². The highest BCUT2D eigenvalue weighted by atomic mass is 16.5. The summed E-state index contributed by atoms with van der Waals surface area (Å²) in [6.07, 6.45) is 5.44. The number of benzene rings is 1. The molecular weight excluding hydrogens is 266 g/mol. The van der Waals surface area contributed by atoms with Gasteiger partial charge in [0.25, 0.3) is 0 Å². The number of nitrogens with two attached hydrogens (primary N) is 1. The number of hydrogen-bond donors (Lipinski definition) is 1. The van der Waals surface area contributed by atoms with Gasteiger partial charge in [0, 0.05) is 18.7 Å². The monoisotopic (exact) mass is 293 g/mol. The largest absolute Gasteiger partial charge is 0.497 e. The van der Waals surface area contributed by atoms with Crippen molar-refractivity contribution >= 4 is 0 Å². The highest BCUT2D eigenvalue weighted by Gasteiger charge is 2.16. The van der Waals surface area contributed by atoms with Crippen LogP contribution in [0, 0.1) is 0 Å². The van der Waals surface area contributed by atoms with Crippen LogP contribution < -0.4 is 15.2 Å². The van der Waals surface area contributed by atoms with Crippen LogP contribution in [0.3, 0.4) is 0 Å². The first-order valence-electron chi connectivity index (χ1n) is 7.89. The Hall–Kier alpha value is -1.26. The molecule has 1 fully saturated rings. The van der Waals surface area contributed by atoms with Crippen LogP contribution in [-0.4, -0.2) is 32.5 Å². The van der Waals surface area contributed by atoms with E-state index in [0.717, 1.165) is 49.4 Å². The first-order chi connectivity index (χ1) is 10.2. The molecule has 0 saturated carbocycles. The van der Waals surface area contributed by atoms with Gasteiger partial charge in [-0.2, -0.15) is 0 Å². The number of hydrogen-bond acceptors (Lipinski definition) is 4. The molecule has 1 heterocycles. The summed E-state index contributed by atoms with van der Waals surface area (Å²) in [5.74, 6) is 1.68. The molecule has 2 atom stereocenters. The van der Waals surface area contributed by atoms with E-state index in [1.165, 1.54) is 6.42 Å². The van der Waals surface area contributed by atoms with Crippen LogP contribution in [0.25, 0.3) is 0 Å². The van der Waals surface area contributed by atoms with Crippen molar-refractivity contribution in [2.45, 2.75) is 51.2 Å². The Bertz CT molecular complexity index is 430. The minimum atomic E-state index is 0.159. The Morgan fingerprint density at radius 2 is 2.24 bits per heavy atom. The van der Waals surface area contributed by atoms with Gasteiger partial charge in [-0.25, -0.2) is 0 Å². The van der Waals surface area contributed by atoms with Crippen LogP contribution in [0.15, 0.2) is 18.2 Å². The summed E-state index contributed by atoms with van der Waals surface area (Å²) < 4.78 is 17.0. The van der Waals surface area contributed by atoms with Crippen LogP contribution in [-0.2, 0) is 11.2 Å². The number of ether oxygens (including phenoxy) is 3. The molecular formula is C17H27NO3. The molecule has 0 aromatic heterocycles. The van der Waals surface area contributed by atoms with E-state index in [9.17, 15) is 0 Å². The molecule has 0 spiro atoms. The molecule has 0 radical (unpaired) electrons. The molecule has 118 valence electrons. The van der Waals surface area contributed by atoms with Crippen LogP contribution in [0.5, 0.6) is 11.5 Å². The predicted octanol–water partition coefficient (Wildman–Crippen LogP) is 2.92. The molecule has 2 N–H and O–H groups in total. The lowest BCUT2D eigenvalue weighted by Gasteiger charge is -2.23. The van der Waals surface area contributed by atoms with Crippen LogP contribution in [0.2, 0.25) is 0 Å². The minimum absolute atomic E-state index is 0.159. The summed E-state index contributed by atoms with van der Waals surface area (Å²) in [6.45, 7) is 3.55. The third-order valence-electron chi connectivity index (χ3n) is 3.98. The van der Waals surface area contributed by atoms with Crippen LogP contribution in [0.1, 0.15) is 38.2 Å². The molecule has 2 unspecified atom stereocenters. The second-order valence-electron chi connectivity index (χ2n) is 5.65. The summed E-state index contributed by atoms with van der Waals surface area (Å²) in [4.78, 5) is 0. The molecule has 0 bridgehead atoms. The van der Waals surface area contributed by atoms with E-state index in [4.69, 9.17) is 19.9 Å². The average Bonchev–Trinajstić information content (AvgIpc) is 2.54. The Kier molecular flexibility index (Phi) is 6.33. The van der Waals surface area contributed by atoms with E-state index in [-0.39, 0.29) is 12.1 Å². The van der Waals surface area contributed by atoms with Crippen LogP contribution in [0.4, 0.5) is 0 Å². The fraction of sp³-hybridized carbons (Fsp3) is 0.647. The average molecular weight is 293 g/mol. The first kappa shape index (κ1) is 16.1. The van der Waals surface area contributed by atoms with E-state index in [1.54, 1.807) is 7.11 Å². The molecule has 4 heteroatoms. The maximum absolute atomic E-state index is 6.07. The lowest BCUT2D eigenvalue weighted by Crippen LogP contribution is -2.26. The van der Waals surface area contributed by atoms with Crippen LogP contribution >= 0.6 is 0 Å². The van der Waals surface area contributed by atoms with Gasteiger partial charge in [-0.3, -0.25) is 0 Å². The van der Waals surface area contributed by atoms with Crippen molar-refractivity contribution in [3.05, 3.63) is 23.8 Å². The Morgan fingerprint density at radius 1 is 1.38 bits per heavy atom. The van der Waals surface area contributed by atoms with E-state index in [1.807, 2.05) is 18.2 Å². The van der Waals surface area contributed by atoms with Gasteiger partial charge >= 0.3 is 0 Å². The molecule has 4 nitrogen and oxygen atoms in total. The number of methoxy groups -OCH3 is 1. The van der Waals surface area contributed by atoms with Gasteiger partial charge in [0.1, 0.15) is 18.1 Å². The molecule has 1 aliphatic heterocycles. The highest BCUT2D eigenvalue weighted by Crippen LogP contribution is 2.27. The predicted molar refractivity (Wildman–Crippen MR) is 84.1 cm³/mol. The summed E-state index contributed by atoms with van der Waals surface area (Å²) in [5.41, 5.74) is 7.21. The first-order valence-corrected chi connectivity index (χ1v) is 7.89. The smallest absolute Gasteiger partial charge is 0.126 e. The van der Waals surface area contributed by atoms with Gasteiger partial charge in [-0.1, -0.05) is 13.0 Å². The fourth-order valence-electron chi connectivity index (χ4n) is 2.51. The van der Waals surface area contributed by atoms with Gasteiger partial charge < -0.3 is 19.9 Å². The normalized spacial score (nSPS) is 20.0. The molecule has 21 heavy (non-hydrogen) atoms. The zero-order chi connectivity index (χ0) is 15.1. The van der Waals surface area contributed by atoms with Crippen molar-refractivity contribution in [3.63, 3.8) is 0 Å². The minimum Gasteiger partial charge on any atom is -0.497 e. The molecule has 1 aromatic rings. The lowest BCUT2D eigenvalue weighted by molar-refractivity contribution is -0.0112. The van der Waals surface area contributed by atoms with Gasteiger partial charge in [-0.05, 0) is 43.7 Å². The molecule has 0 amide bonds. The van der Waals surface area contributed by atoms with Crippen molar-refractivity contribution in [2.75, 3.05) is 20.3 Å². The standard InChI is InChI=1S/C17H27NO3/c1-3-14(18)10-13-7-8-15(19-2)11-17(13)21-12-16-6-4-5-9-20-16/h7-8,11,14,16H,3-6,9-10,12,18H2,1-2H3. The van der Waals surface area contributed by atoms with Crippen molar-refractivity contribution in [3.8, 4) is 11.5 Å². The second-order valence-corrected chi connectivity index (χ2v) is 5.65. The van der Waals surface area contributed by atoms with Crippen molar-refractivity contribution in [2.24, 2.45) is 5.73 Å². The van der Waals surface area contributed by atoms with Gasteiger partial charge in [0.2, 0.25) is 0 Å². The van der Waals surface area contributed by atoms with Crippen molar-refractivity contribution in [1.82, 2.24) is 0 Å². The zero-order valence-electron chi connectivity index (χ0n) is 13.1. The van der Waals surface area contributed by atoms with Gasteiger partial charge in [0.05, 0.1) is 13.2 Å². The van der Waals surface area contributed by atoms with Crippen molar-refractivity contribution < 1.29 is 14.2 Å². The fourth-order valence-corrected chi connectivity index (χ4v) is 2.51. The topological polar surface area (TPSA) is 53.7 Å². The Labute approximate surface area is 127 Å². The molecule has 1 aromatic carbocycles. The summed E-state index contributed by atoms with van der Waals surface area (Å²) >= 11 is 0. The van der Waals surface area contributed by atoms with Gasteiger partial charge in [0.15, 0.2) is 0 Å². The third-order valence-corrected chi connectivity index (χ3v) is 3.98. The highest BCUT2D eigenvalue weighted by molar-refractivity contribution is 5.41. The zero-order valence-corrected chi connectivity index (χ0v) is 13.1. The molecule has 1 aliphatic rings. The Morgan fingerprint density at radius 3 is 2.90 bits per heavy atom. The SMILES string of the molecule is CCC(N)Cc1ccc(OC)cc1OCC1CCCCO1. The summed E-state index contributed by atoms with van der Waals surface area (Å²) in [5, 5.41) is 0. The lowest BCUT2D eigenvalue weighted by atomic mass is 10.0. The summed E-state index contributed by atoms with van der Waals surface area (Å²) in [6, 6.07) is 6.11. The third kappa shape index (κ3) is 4.90. The quantitative estimate of drug-likeness (QED) is 0.840. The maximum Gasteiger partial charge on any atom is 0.126 e. The molecule has 1 saturated heterocycles. The maximum atomic E-state index is 6.07. The summed E-state index contributed by atoms with van der Waals surface area (Å²) in [7, 11) is 1.67. The van der Waals surface area contributed by atoms with E-state index in [2.05, 4.69) is 6.92 Å². The number of rotatable bonds is 7. The Balaban J connectivity index is 2.02. The van der Waals surface area contributed by atoms with Gasteiger partial charge in [-0.15, -0.1) is 0 Å². The molecule has 0 aliphatic carbocycles. The second kappa shape index (κ2) is 8.25.